The van der Waals surface area contributed by atoms with Crippen LogP contribution in [0.15, 0.2) is 16.3 Å². The van der Waals surface area contributed by atoms with Gasteiger partial charge < -0.3 is 10.1 Å². The number of amides is 1. The van der Waals surface area contributed by atoms with Crippen molar-refractivity contribution in [1.29, 1.82) is 0 Å². The van der Waals surface area contributed by atoms with Crippen LogP contribution in [0, 0.1) is 5.41 Å². The van der Waals surface area contributed by atoms with Crippen LogP contribution in [-0.4, -0.2) is 34.6 Å². The number of sulfonamides is 1. The normalized spacial score (nSPS) is 12.4. The second kappa shape index (κ2) is 7.35. The van der Waals surface area contributed by atoms with E-state index in [0.717, 1.165) is 17.8 Å². The SMILES string of the molecule is COCCC(C)(C)CNC(=O)Cc1ccc(S(N)(=O)=O)s1. The lowest BCUT2D eigenvalue weighted by Gasteiger charge is -2.24. The zero-order valence-corrected chi connectivity index (χ0v) is 14.1. The molecule has 3 N–H and O–H groups in total. The molecule has 1 aromatic heterocycles. The zero-order chi connectivity index (χ0) is 16.1. The largest absolute Gasteiger partial charge is 0.385 e. The highest BCUT2D eigenvalue weighted by molar-refractivity contribution is 7.91. The molecule has 1 amide bonds. The lowest BCUT2D eigenvalue weighted by atomic mass is 9.89. The van der Waals surface area contributed by atoms with E-state index in [1.807, 2.05) is 0 Å². The third kappa shape index (κ3) is 6.56. The number of hydrogen-bond acceptors (Lipinski definition) is 5. The maximum Gasteiger partial charge on any atom is 0.247 e. The smallest absolute Gasteiger partial charge is 0.247 e. The Morgan fingerprint density at radius 2 is 2.10 bits per heavy atom. The minimum absolute atomic E-state index is 0.0487. The van der Waals surface area contributed by atoms with E-state index in [-0.39, 0.29) is 22.0 Å². The van der Waals surface area contributed by atoms with Crippen LogP contribution in [0.4, 0.5) is 0 Å². The van der Waals surface area contributed by atoms with Gasteiger partial charge in [-0.1, -0.05) is 13.8 Å². The molecule has 0 aliphatic rings. The second-order valence-corrected chi connectivity index (χ2v) is 8.58. The van der Waals surface area contributed by atoms with Gasteiger partial charge in [0.05, 0.1) is 6.42 Å². The van der Waals surface area contributed by atoms with Crippen LogP contribution >= 0.6 is 11.3 Å². The van der Waals surface area contributed by atoms with Crippen molar-refractivity contribution in [3.05, 3.63) is 17.0 Å². The van der Waals surface area contributed by atoms with Crippen molar-refractivity contribution in [3.8, 4) is 0 Å². The van der Waals surface area contributed by atoms with Crippen LogP contribution in [0.3, 0.4) is 0 Å². The highest BCUT2D eigenvalue weighted by Gasteiger charge is 2.19. The van der Waals surface area contributed by atoms with E-state index < -0.39 is 10.0 Å². The molecule has 0 unspecified atom stereocenters. The summed E-state index contributed by atoms with van der Waals surface area (Å²) in [6, 6.07) is 3.03. The molecule has 1 rings (SSSR count). The Kier molecular flexibility index (Phi) is 6.33. The molecule has 0 atom stereocenters. The fourth-order valence-corrected chi connectivity index (χ4v) is 3.41. The number of thiophene rings is 1. The first-order valence-electron chi connectivity index (χ1n) is 6.51. The topological polar surface area (TPSA) is 98.5 Å². The average molecular weight is 334 g/mol. The van der Waals surface area contributed by atoms with Crippen LogP contribution in [0.1, 0.15) is 25.1 Å². The Morgan fingerprint density at radius 1 is 1.43 bits per heavy atom. The van der Waals surface area contributed by atoms with E-state index in [9.17, 15) is 13.2 Å². The van der Waals surface area contributed by atoms with Crippen molar-refractivity contribution in [2.75, 3.05) is 20.3 Å². The number of nitrogens with two attached hydrogens (primary N) is 1. The Morgan fingerprint density at radius 3 is 2.62 bits per heavy atom. The molecule has 0 saturated carbocycles. The van der Waals surface area contributed by atoms with Gasteiger partial charge in [-0.2, -0.15) is 0 Å². The zero-order valence-electron chi connectivity index (χ0n) is 12.5. The lowest BCUT2D eigenvalue weighted by molar-refractivity contribution is -0.120. The Labute approximate surface area is 129 Å². The number of methoxy groups -OCH3 is 1. The van der Waals surface area contributed by atoms with Crippen LogP contribution in [0.2, 0.25) is 0 Å². The summed E-state index contributed by atoms with van der Waals surface area (Å²) in [6.45, 7) is 5.29. The highest BCUT2D eigenvalue weighted by Crippen LogP contribution is 2.21. The summed E-state index contributed by atoms with van der Waals surface area (Å²) in [6.07, 6.45) is 0.999. The predicted molar refractivity (Wildman–Crippen MR) is 82.7 cm³/mol. The number of nitrogens with one attached hydrogen (secondary N) is 1. The molecule has 1 aromatic rings. The van der Waals surface area contributed by atoms with Gasteiger partial charge in [-0.25, -0.2) is 13.6 Å². The molecule has 8 heteroatoms. The van der Waals surface area contributed by atoms with Gasteiger partial charge in [0.1, 0.15) is 4.21 Å². The van der Waals surface area contributed by atoms with E-state index in [0.29, 0.717) is 18.0 Å². The molecule has 21 heavy (non-hydrogen) atoms. The number of primary sulfonamides is 1. The minimum atomic E-state index is -3.69. The molecule has 0 radical (unpaired) electrons. The van der Waals surface area contributed by atoms with Crippen molar-refractivity contribution >= 4 is 27.3 Å². The molecule has 1 heterocycles. The molecule has 0 spiro atoms. The molecule has 120 valence electrons. The van der Waals surface area contributed by atoms with Crippen molar-refractivity contribution in [2.24, 2.45) is 10.6 Å². The molecule has 0 aromatic carbocycles. The first-order valence-corrected chi connectivity index (χ1v) is 8.87. The third-order valence-corrected chi connectivity index (χ3v) is 5.52. The van der Waals surface area contributed by atoms with Crippen molar-refractivity contribution < 1.29 is 17.9 Å². The number of carbonyl (C=O) groups is 1. The van der Waals surface area contributed by atoms with Crippen LogP contribution in [-0.2, 0) is 26.0 Å². The fourth-order valence-electron chi connectivity index (χ4n) is 1.63. The van der Waals surface area contributed by atoms with E-state index in [2.05, 4.69) is 19.2 Å². The van der Waals surface area contributed by atoms with Gasteiger partial charge in [-0.3, -0.25) is 4.79 Å². The van der Waals surface area contributed by atoms with Gasteiger partial charge in [0.2, 0.25) is 15.9 Å². The first kappa shape index (κ1) is 18.1. The quantitative estimate of drug-likeness (QED) is 0.744. The minimum Gasteiger partial charge on any atom is -0.385 e. The monoisotopic (exact) mass is 334 g/mol. The van der Waals surface area contributed by atoms with Gasteiger partial charge in [0, 0.05) is 25.1 Å². The van der Waals surface area contributed by atoms with E-state index >= 15 is 0 Å². The molecule has 0 aliphatic carbocycles. The van der Waals surface area contributed by atoms with Crippen molar-refractivity contribution in [3.63, 3.8) is 0 Å². The maximum atomic E-state index is 11.9. The van der Waals surface area contributed by atoms with Gasteiger partial charge in [0.25, 0.3) is 0 Å². The molecule has 0 aliphatic heterocycles. The summed E-state index contributed by atoms with van der Waals surface area (Å²) in [5.41, 5.74) is -0.0487. The maximum absolute atomic E-state index is 11.9. The number of carbonyl (C=O) groups excluding carboxylic acids is 1. The molecule has 0 fully saturated rings. The summed E-state index contributed by atoms with van der Waals surface area (Å²) in [5, 5.41) is 7.89. The van der Waals surface area contributed by atoms with Gasteiger partial charge in [-0.05, 0) is 24.0 Å². The van der Waals surface area contributed by atoms with Crippen LogP contribution in [0.5, 0.6) is 0 Å². The van der Waals surface area contributed by atoms with Gasteiger partial charge >= 0.3 is 0 Å². The number of rotatable bonds is 8. The van der Waals surface area contributed by atoms with Crippen LogP contribution < -0.4 is 10.5 Å². The molecular weight excluding hydrogens is 312 g/mol. The summed E-state index contributed by atoms with van der Waals surface area (Å²) in [7, 11) is -2.04. The Balaban J connectivity index is 2.49. The van der Waals surface area contributed by atoms with Gasteiger partial charge in [-0.15, -0.1) is 11.3 Å². The van der Waals surface area contributed by atoms with E-state index in [4.69, 9.17) is 9.88 Å². The fraction of sp³-hybridized carbons (Fsp3) is 0.615. The Hall–Kier alpha value is -0.960. The van der Waals surface area contributed by atoms with Crippen LogP contribution in [0.25, 0.3) is 0 Å². The highest BCUT2D eigenvalue weighted by atomic mass is 32.2. The third-order valence-electron chi connectivity index (χ3n) is 3.00. The van der Waals surface area contributed by atoms with E-state index in [1.165, 1.54) is 6.07 Å². The molecule has 0 saturated heterocycles. The first-order chi connectivity index (χ1) is 9.64. The van der Waals surface area contributed by atoms with Crippen molar-refractivity contribution in [1.82, 2.24) is 5.32 Å². The number of hydrogen-bond donors (Lipinski definition) is 2. The summed E-state index contributed by atoms with van der Waals surface area (Å²) in [4.78, 5) is 12.5. The summed E-state index contributed by atoms with van der Waals surface area (Å²) >= 11 is 1.02. The standard InChI is InChI=1S/C13H22N2O4S2/c1-13(2,6-7-19-3)9-15-11(16)8-10-4-5-12(20-10)21(14,17)18/h4-5H,6-9H2,1-3H3,(H,15,16)(H2,14,17,18). The number of ether oxygens (including phenoxy) is 1. The average Bonchev–Trinajstić information content (AvgIpc) is 2.83. The molecule has 0 bridgehead atoms. The lowest BCUT2D eigenvalue weighted by Crippen LogP contribution is -2.35. The van der Waals surface area contributed by atoms with E-state index in [1.54, 1.807) is 13.2 Å². The predicted octanol–water partition coefficient (Wildman–Crippen LogP) is 1.12. The van der Waals surface area contributed by atoms with Gasteiger partial charge in [0.15, 0.2) is 0 Å². The second-order valence-electron chi connectivity index (χ2n) is 5.63. The van der Waals surface area contributed by atoms with Crippen molar-refractivity contribution in [2.45, 2.75) is 30.9 Å². The summed E-state index contributed by atoms with van der Waals surface area (Å²) in [5.74, 6) is -0.136. The molecular formula is C13H22N2O4S2. The molecule has 6 nitrogen and oxygen atoms in total. The Bertz CT molecular complexity index is 579. The summed E-state index contributed by atoms with van der Waals surface area (Å²) < 4.78 is 27.4.